The molecule has 0 saturated carbocycles. The van der Waals surface area contributed by atoms with E-state index in [2.05, 4.69) is 5.32 Å². The molecule has 1 fully saturated rings. The number of carbonyl (C=O) groups is 1. The van der Waals surface area contributed by atoms with Crippen LogP contribution >= 0.6 is 0 Å². The molecule has 1 unspecified atom stereocenters. The molecule has 2 heteroatoms. The van der Waals surface area contributed by atoms with Gasteiger partial charge in [-0.3, -0.25) is 4.79 Å². The van der Waals surface area contributed by atoms with Crippen LogP contribution in [0.2, 0.25) is 0 Å². The number of ketones is 1. The van der Waals surface area contributed by atoms with Gasteiger partial charge in [0.2, 0.25) is 0 Å². The second kappa shape index (κ2) is 4.30. The number of hydrogen-bond donors (Lipinski definition) is 1. The average molecular weight is 225 g/mol. The lowest BCUT2D eigenvalue weighted by Crippen LogP contribution is -2.30. The highest BCUT2D eigenvalue weighted by Crippen LogP contribution is 2.21. The number of benzene rings is 2. The number of Topliss-reactive ketones (excluding diaryl/α,β-unsaturated/α-hetero) is 1. The molecule has 1 atom stereocenters. The Bertz CT molecular complexity index is 550. The van der Waals surface area contributed by atoms with Crippen LogP contribution < -0.4 is 5.32 Å². The molecule has 1 N–H and O–H groups in total. The van der Waals surface area contributed by atoms with Gasteiger partial charge < -0.3 is 5.32 Å². The van der Waals surface area contributed by atoms with Crippen molar-refractivity contribution >= 4 is 16.6 Å². The van der Waals surface area contributed by atoms with Crippen molar-refractivity contribution in [2.75, 3.05) is 6.54 Å². The van der Waals surface area contributed by atoms with Crippen LogP contribution in [0.15, 0.2) is 42.5 Å². The second-order valence-electron chi connectivity index (χ2n) is 4.54. The molecule has 86 valence electrons. The first kappa shape index (κ1) is 10.5. The molecule has 1 heterocycles. The molecule has 2 aromatic rings. The highest BCUT2D eigenvalue weighted by molar-refractivity contribution is 6.10. The van der Waals surface area contributed by atoms with Gasteiger partial charge in [-0.15, -0.1) is 0 Å². The van der Waals surface area contributed by atoms with E-state index in [0.29, 0.717) is 0 Å². The summed E-state index contributed by atoms with van der Waals surface area (Å²) >= 11 is 0. The first-order valence-electron chi connectivity index (χ1n) is 6.11. The highest BCUT2D eigenvalue weighted by Gasteiger charge is 2.24. The van der Waals surface area contributed by atoms with E-state index in [1.54, 1.807) is 0 Å². The van der Waals surface area contributed by atoms with Crippen LogP contribution in [0.4, 0.5) is 0 Å². The van der Waals surface area contributed by atoms with Gasteiger partial charge >= 0.3 is 0 Å². The van der Waals surface area contributed by atoms with Gasteiger partial charge in [-0.2, -0.15) is 0 Å². The van der Waals surface area contributed by atoms with E-state index < -0.39 is 0 Å². The quantitative estimate of drug-likeness (QED) is 0.796. The fraction of sp³-hybridized carbons (Fsp3) is 0.267. The van der Waals surface area contributed by atoms with Crippen LogP contribution in [0, 0.1) is 0 Å². The van der Waals surface area contributed by atoms with Crippen molar-refractivity contribution in [3.8, 4) is 0 Å². The summed E-state index contributed by atoms with van der Waals surface area (Å²) < 4.78 is 0. The minimum absolute atomic E-state index is 0.0146. The van der Waals surface area contributed by atoms with Gasteiger partial charge in [-0.05, 0) is 30.2 Å². The molecule has 2 nitrogen and oxygen atoms in total. The van der Waals surface area contributed by atoms with E-state index in [1.807, 2.05) is 42.5 Å². The monoisotopic (exact) mass is 225 g/mol. The first-order chi connectivity index (χ1) is 8.36. The minimum Gasteiger partial charge on any atom is -0.307 e. The van der Waals surface area contributed by atoms with E-state index in [-0.39, 0.29) is 11.8 Å². The van der Waals surface area contributed by atoms with E-state index in [1.165, 1.54) is 0 Å². The summed E-state index contributed by atoms with van der Waals surface area (Å²) in [6.07, 6.45) is 2.06. The van der Waals surface area contributed by atoms with Crippen LogP contribution in [0.5, 0.6) is 0 Å². The molecular weight excluding hydrogens is 210 g/mol. The smallest absolute Gasteiger partial charge is 0.180 e. The number of nitrogens with one attached hydrogen (secondary N) is 1. The van der Waals surface area contributed by atoms with E-state index in [0.717, 1.165) is 35.7 Å². The Kier molecular flexibility index (Phi) is 2.65. The molecule has 1 aliphatic rings. The van der Waals surface area contributed by atoms with Crippen molar-refractivity contribution < 1.29 is 4.79 Å². The zero-order valence-electron chi connectivity index (χ0n) is 9.65. The predicted molar refractivity (Wildman–Crippen MR) is 69.3 cm³/mol. The second-order valence-corrected chi connectivity index (χ2v) is 4.54. The Balaban J connectivity index is 2.07. The molecule has 0 amide bonds. The van der Waals surface area contributed by atoms with Gasteiger partial charge in [-0.25, -0.2) is 0 Å². The standard InChI is InChI=1S/C15H15NO/c17-15(14-9-4-10-16-14)13-8-3-6-11-5-1-2-7-12(11)13/h1-3,5-8,14,16H,4,9-10H2. The summed E-state index contributed by atoms with van der Waals surface area (Å²) in [5.74, 6) is 0.235. The Labute approximate surface area is 101 Å². The van der Waals surface area contributed by atoms with Gasteiger partial charge in [-0.1, -0.05) is 42.5 Å². The fourth-order valence-electron chi connectivity index (χ4n) is 2.54. The van der Waals surface area contributed by atoms with E-state index in [9.17, 15) is 4.79 Å². The summed E-state index contributed by atoms with van der Waals surface area (Å²) in [6, 6.07) is 14.0. The molecule has 3 rings (SSSR count). The maximum atomic E-state index is 12.4. The molecule has 2 aromatic carbocycles. The van der Waals surface area contributed by atoms with E-state index >= 15 is 0 Å². The van der Waals surface area contributed by atoms with Crippen molar-refractivity contribution in [1.29, 1.82) is 0 Å². The summed E-state index contributed by atoms with van der Waals surface area (Å²) in [6.45, 7) is 0.959. The van der Waals surface area contributed by atoms with Crippen molar-refractivity contribution in [3.63, 3.8) is 0 Å². The lowest BCUT2D eigenvalue weighted by atomic mass is 9.97. The maximum Gasteiger partial charge on any atom is 0.180 e. The van der Waals surface area contributed by atoms with Crippen molar-refractivity contribution in [2.45, 2.75) is 18.9 Å². The first-order valence-corrected chi connectivity index (χ1v) is 6.11. The van der Waals surface area contributed by atoms with Gasteiger partial charge in [0.1, 0.15) is 0 Å². The van der Waals surface area contributed by atoms with Crippen LogP contribution in [-0.4, -0.2) is 18.4 Å². The maximum absolute atomic E-state index is 12.4. The molecular formula is C15H15NO. The van der Waals surface area contributed by atoms with Crippen LogP contribution in [0.1, 0.15) is 23.2 Å². The van der Waals surface area contributed by atoms with Crippen molar-refractivity contribution in [3.05, 3.63) is 48.0 Å². The van der Waals surface area contributed by atoms with Crippen molar-refractivity contribution in [2.24, 2.45) is 0 Å². The van der Waals surface area contributed by atoms with Crippen LogP contribution in [-0.2, 0) is 0 Å². The fourth-order valence-corrected chi connectivity index (χ4v) is 2.54. The number of fused-ring (bicyclic) bond motifs is 1. The highest BCUT2D eigenvalue weighted by atomic mass is 16.1. The zero-order valence-corrected chi connectivity index (χ0v) is 9.65. The molecule has 1 aliphatic heterocycles. The molecule has 0 spiro atoms. The van der Waals surface area contributed by atoms with Crippen LogP contribution in [0.25, 0.3) is 10.8 Å². The van der Waals surface area contributed by atoms with Crippen LogP contribution in [0.3, 0.4) is 0 Å². The van der Waals surface area contributed by atoms with Gasteiger partial charge in [0.15, 0.2) is 5.78 Å². The van der Waals surface area contributed by atoms with Gasteiger partial charge in [0.25, 0.3) is 0 Å². The predicted octanol–water partition coefficient (Wildman–Crippen LogP) is 2.77. The number of carbonyl (C=O) groups excluding carboxylic acids is 1. The Hall–Kier alpha value is -1.67. The molecule has 0 aliphatic carbocycles. The molecule has 17 heavy (non-hydrogen) atoms. The normalized spacial score (nSPS) is 19.6. The average Bonchev–Trinajstić information content (AvgIpc) is 2.91. The molecule has 0 radical (unpaired) electrons. The third-order valence-electron chi connectivity index (χ3n) is 3.43. The topological polar surface area (TPSA) is 29.1 Å². The Morgan fingerprint density at radius 1 is 1.12 bits per heavy atom. The number of rotatable bonds is 2. The molecule has 1 saturated heterocycles. The Morgan fingerprint density at radius 3 is 2.76 bits per heavy atom. The van der Waals surface area contributed by atoms with Gasteiger partial charge in [0, 0.05) is 5.56 Å². The van der Waals surface area contributed by atoms with E-state index in [4.69, 9.17) is 0 Å². The molecule has 0 aromatic heterocycles. The van der Waals surface area contributed by atoms with Crippen molar-refractivity contribution in [1.82, 2.24) is 5.32 Å². The third kappa shape index (κ3) is 1.85. The molecule has 0 bridgehead atoms. The summed E-state index contributed by atoms with van der Waals surface area (Å²) in [4.78, 5) is 12.4. The zero-order chi connectivity index (χ0) is 11.7. The minimum atomic E-state index is 0.0146. The summed E-state index contributed by atoms with van der Waals surface area (Å²) in [5.41, 5.74) is 0.850. The third-order valence-corrected chi connectivity index (χ3v) is 3.43. The lowest BCUT2D eigenvalue weighted by Gasteiger charge is -2.11. The summed E-state index contributed by atoms with van der Waals surface area (Å²) in [7, 11) is 0. The lowest BCUT2D eigenvalue weighted by molar-refractivity contribution is 0.0954. The SMILES string of the molecule is O=C(c1cccc2ccccc12)C1CCCN1. The van der Waals surface area contributed by atoms with Gasteiger partial charge in [0.05, 0.1) is 6.04 Å². The number of hydrogen-bond acceptors (Lipinski definition) is 2. The summed E-state index contributed by atoms with van der Waals surface area (Å²) in [5, 5.41) is 5.47. The largest absolute Gasteiger partial charge is 0.307 e. The Morgan fingerprint density at radius 2 is 1.94 bits per heavy atom.